The molecule has 4 N–H and O–H groups in total. The lowest BCUT2D eigenvalue weighted by Crippen LogP contribution is -2.42. The number of nitrogens with two attached hydrogens (primary N) is 1. The number of hydrogen-bond donors (Lipinski definition) is 3. The molecule has 1 aliphatic heterocycles. The molecule has 5 nitrogen and oxygen atoms in total. The number of benzene rings is 2. The number of nitrogens with zero attached hydrogens (tertiary/aromatic N) is 1. The summed E-state index contributed by atoms with van der Waals surface area (Å²) < 4.78 is 0. The highest BCUT2D eigenvalue weighted by Crippen LogP contribution is 2.16. The number of carbonyl (C=O) groups excluding carboxylic acids is 1. The molecule has 1 fully saturated rings. The van der Waals surface area contributed by atoms with Crippen LogP contribution >= 0.6 is 24.8 Å². The van der Waals surface area contributed by atoms with E-state index in [1.54, 1.807) is 0 Å². The number of aliphatic hydroxyl groups is 1. The first-order valence-electron chi connectivity index (χ1n) is 9.66. The van der Waals surface area contributed by atoms with E-state index in [1.165, 1.54) is 5.56 Å². The molecule has 0 bridgehead atoms. The number of amides is 1. The molecule has 0 aliphatic carbocycles. The summed E-state index contributed by atoms with van der Waals surface area (Å²) in [5, 5.41) is 12.6. The van der Waals surface area contributed by atoms with E-state index in [2.05, 4.69) is 22.3 Å². The first-order chi connectivity index (χ1) is 13.1. The van der Waals surface area contributed by atoms with Gasteiger partial charge >= 0.3 is 0 Å². The number of piperidine rings is 1. The van der Waals surface area contributed by atoms with Gasteiger partial charge in [-0.3, -0.25) is 9.69 Å². The van der Waals surface area contributed by atoms with Crippen LogP contribution in [0.5, 0.6) is 0 Å². The Kier molecular flexibility index (Phi) is 11.2. The Hall–Kier alpha value is -1.63. The Labute approximate surface area is 185 Å². The molecule has 29 heavy (non-hydrogen) atoms. The standard InChI is InChI=1S/C22H29N3O2.2ClH/c23-21(14-17-6-2-1-3-7-17)22(27)24-15-18-8-4-5-9-19(18)16-25-12-10-20(26)11-13-25;;/h1-9,20-21,26H,10-16,23H2,(H,24,27);2*1H. The van der Waals surface area contributed by atoms with Gasteiger partial charge in [0.1, 0.15) is 0 Å². The smallest absolute Gasteiger partial charge is 0.237 e. The van der Waals surface area contributed by atoms with Crippen molar-refractivity contribution in [1.29, 1.82) is 0 Å². The fourth-order valence-corrected chi connectivity index (χ4v) is 3.48. The van der Waals surface area contributed by atoms with Gasteiger partial charge in [-0.15, -0.1) is 24.8 Å². The molecule has 2 aromatic rings. The highest BCUT2D eigenvalue weighted by molar-refractivity contribution is 5.85. The molecule has 1 atom stereocenters. The van der Waals surface area contributed by atoms with Crippen molar-refractivity contribution in [2.75, 3.05) is 13.1 Å². The molecule has 1 aliphatic rings. The molecule has 1 unspecified atom stereocenters. The molecular formula is C22H31Cl2N3O2. The van der Waals surface area contributed by atoms with Crippen molar-refractivity contribution < 1.29 is 9.90 Å². The van der Waals surface area contributed by atoms with Crippen LogP contribution in [0.3, 0.4) is 0 Å². The molecule has 1 amide bonds. The van der Waals surface area contributed by atoms with Crippen LogP contribution in [-0.2, 0) is 24.3 Å². The van der Waals surface area contributed by atoms with Crippen LogP contribution in [0.2, 0.25) is 0 Å². The van der Waals surface area contributed by atoms with Gasteiger partial charge in [0.2, 0.25) is 5.91 Å². The zero-order chi connectivity index (χ0) is 19.1. The molecule has 1 heterocycles. The maximum atomic E-state index is 12.4. The van der Waals surface area contributed by atoms with Crippen molar-refractivity contribution in [1.82, 2.24) is 10.2 Å². The predicted molar refractivity (Wildman–Crippen MR) is 121 cm³/mol. The van der Waals surface area contributed by atoms with Crippen LogP contribution in [0.15, 0.2) is 54.6 Å². The van der Waals surface area contributed by atoms with Crippen LogP contribution < -0.4 is 11.1 Å². The second-order valence-corrected chi connectivity index (χ2v) is 7.29. The van der Waals surface area contributed by atoms with E-state index in [4.69, 9.17) is 5.73 Å². The maximum Gasteiger partial charge on any atom is 0.237 e. The van der Waals surface area contributed by atoms with Crippen LogP contribution in [0.4, 0.5) is 0 Å². The summed E-state index contributed by atoms with van der Waals surface area (Å²) >= 11 is 0. The molecule has 160 valence electrons. The summed E-state index contributed by atoms with van der Waals surface area (Å²) in [5.41, 5.74) is 9.46. The van der Waals surface area contributed by atoms with Crippen molar-refractivity contribution in [3.05, 3.63) is 71.3 Å². The fourth-order valence-electron chi connectivity index (χ4n) is 3.48. The van der Waals surface area contributed by atoms with E-state index < -0.39 is 6.04 Å². The third-order valence-electron chi connectivity index (χ3n) is 5.16. The van der Waals surface area contributed by atoms with Gasteiger partial charge in [0.15, 0.2) is 0 Å². The Morgan fingerprint density at radius 2 is 1.62 bits per heavy atom. The topological polar surface area (TPSA) is 78.6 Å². The molecule has 7 heteroatoms. The zero-order valence-electron chi connectivity index (χ0n) is 16.5. The minimum Gasteiger partial charge on any atom is -0.393 e. The number of carbonyl (C=O) groups is 1. The van der Waals surface area contributed by atoms with Crippen molar-refractivity contribution in [2.24, 2.45) is 5.73 Å². The summed E-state index contributed by atoms with van der Waals surface area (Å²) in [4.78, 5) is 14.7. The number of hydrogen-bond acceptors (Lipinski definition) is 4. The van der Waals surface area contributed by atoms with Gasteiger partial charge < -0.3 is 16.2 Å². The molecule has 1 saturated heterocycles. The first kappa shape index (κ1) is 25.4. The van der Waals surface area contributed by atoms with Gasteiger partial charge in [-0.25, -0.2) is 0 Å². The summed E-state index contributed by atoms with van der Waals surface area (Å²) in [6.07, 6.45) is 2.02. The molecular weight excluding hydrogens is 409 g/mol. The fraction of sp³-hybridized carbons (Fsp3) is 0.409. The van der Waals surface area contributed by atoms with Crippen molar-refractivity contribution >= 4 is 30.7 Å². The summed E-state index contributed by atoms with van der Waals surface area (Å²) in [5.74, 6) is -0.130. The van der Waals surface area contributed by atoms with Gasteiger partial charge in [0, 0.05) is 26.2 Å². The molecule has 3 rings (SSSR count). The monoisotopic (exact) mass is 439 g/mol. The molecule has 0 spiro atoms. The van der Waals surface area contributed by atoms with Crippen LogP contribution in [0.25, 0.3) is 0 Å². The largest absolute Gasteiger partial charge is 0.393 e. The summed E-state index contributed by atoms with van der Waals surface area (Å²) in [6.45, 7) is 3.14. The van der Waals surface area contributed by atoms with Gasteiger partial charge in [-0.2, -0.15) is 0 Å². The quantitative estimate of drug-likeness (QED) is 0.619. The highest BCUT2D eigenvalue weighted by atomic mass is 35.5. The maximum absolute atomic E-state index is 12.4. The second-order valence-electron chi connectivity index (χ2n) is 7.29. The van der Waals surface area contributed by atoms with E-state index >= 15 is 0 Å². The van der Waals surface area contributed by atoms with Gasteiger partial charge in [0.25, 0.3) is 0 Å². The lowest BCUT2D eigenvalue weighted by atomic mass is 10.0. The first-order valence-corrected chi connectivity index (χ1v) is 9.66. The number of rotatable bonds is 7. The minimum absolute atomic E-state index is 0. The van der Waals surface area contributed by atoms with Gasteiger partial charge in [-0.1, -0.05) is 54.6 Å². The summed E-state index contributed by atoms with van der Waals surface area (Å²) in [6, 6.07) is 17.5. The SMILES string of the molecule is Cl.Cl.NC(Cc1ccccc1)C(=O)NCc1ccccc1CN1CCC(O)CC1. The number of nitrogens with one attached hydrogen (secondary N) is 1. The van der Waals surface area contributed by atoms with Crippen LogP contribution in [-0.4, -0.2) is 41.1 Å². The molecule has 0 aromatic heterocycles. The second kappa shape index (κ2) is 12.8. The average molecular weight is 440 g/mol. The Morgan fingerprint density at radius 3 is 2.28 bits per heavy atom. The lowest BCUT2D eigenvalue weighted by Gasteiger charge is -2.30. The molecule has 0 saturated carbocycles. The Bertz CT molecular complexity index is 738. The van der Waals surface area contributed by atoms with Crippen LogP contribution in [0, 0.1) is 0 Å². The van der Waals surface area contributed by atoms with Gasteiger partial charge in [-0.05, 0) is 36.0 Å². The van der Waals surface area contributed by atoms with Gasteiger partial charge in [0.05, 0.1) is 12.1 Å². The lowest BCUT2D eigenvalue weighted by molar-refractivity contribution is -0.122. The predicted octanol–water partition coefficient (Wildman–Crippen LogP) is 2.67. The van der Waals surface area contributed by atoms with E-state index in [1.807, 2.05) is 42.5 Å². The highest BCUT2D eigenvalue weighted by Gasteiger charge is 2.18. The van der Waals surface area contributed by atoms with Crippen molar-refractivity contribution in [2.45, 2.75) is 44.5 Å². The number of likely N-dealkylation sites (tertiary alicyclic amines) is 1. The van der Waals surface area contributed by atoms with E-state index in [0.717, 1.165) is 43.6 Å². The van der Waals surface area contributed by atoms with E-state index in [0.29, 0.717) is 13.0 Å². The van der Waals surface area contributed by atoms with Crippen molar-refractivity contribution in [3.63, 3.8) is 0 Å². The third kappa shape index (κ3) is 7.96. The van der Waals surface area contributed by atoms with Crippen LogP contribution in [0.1, 0.15) is 29.5 Å². The molecule has 2 aromatic carbocycles. The van der Waals surface area contributed by atoms with E-state index in [9.17, 15) is 9.90 Å². The minimum atomic E-state index is -0.553. The number of halogens is 2. The zero-order valence-corrected chi connectivity index (χ0v) is 18.1. The normalized spacial score (nSPS) is 15.7. The van der Waals surface area contributed by atoms with Crippen molar-refractivity contribution in [3.8, 4) is 0 Å². The van der Waals surface area contributed by atoms with E-state index in [-0.39, 0.29) is 36.8 Å². The number of aliphatic hydroxyl groups excluding tert-OH is 1. The average Bonchev–Trinajstić information content (AvgIpc) is 2.69. The Balaban J connectivity index is 0.00000210. The summed E-state index contributed by atoms with van der Waals surface area (Å²) in [7, 11) is 0. The third-order valence-corrected chi connectivity index (χ3v) is 5.16. The Morgan fingerprint density at radius 1 is 1.03 bits per heavy atom. The molecule has 0 radical (unpaired) electrons.